The fourth-order valence-corrected chi connectivity index (χ4v) is 5.53. The molecule has 54 heavy (non-hydrogen) atoms. The normalized spacial score (nSPS) is 14.8. The van der Waals surface area contributed by atoms with Crippen molar-refractivity contribution >= 4 is 19.8 Å². The summed E-state index contributed by atoms with van der Waals surface area (Å²) in [5.74, 6) is -0.942. The van der Waals surface area contributed by atoms with Crippen molar-refractivity contribution in [1.82, 2.24) is 0 Å². The Morgan fingerprint density at radius 1 is 0.648 bits per heavy atom. The molecule has 0 aromatic heterocycles. The first-order valence-corrected chi connectivity index (χ1v) is 21.7. The third-order valence-electron chi connectivity index (χ3n) is 7.92. The molecule has 0 rings (SSSR count). The average molecular weight is 778 g/mol. The molecular weight excluding hydrogens is 705 g/mol. The van der Waals surface area contributed by atoms with Crippen LogP contribution >= 0.6 is 7.82 Å². The number of hydrogen-bond acceptors (Lipinski definition) is 9. The minimum Gasteiger partial charge on any atom is -0.462 e. The van der Waals surface area contributed by atoms with E-state index in [1.165, 1.54) is 25.7 Å². The number of ether oxygens (including phenoxy) is 2. The maximum absolute atomic E-state index is 12.5. The van der Waals surface area contributed by atoms with E-state index in [4.69, 9.17) is 24.3 Å². The molecule has 0 aliphatic rings. The maximum Gasteiger partial charge on any atom is 0.472 e. The van der Waals surface area contributed by atoms with E-state index in [0.717, 1.165) is 57.8 Å². The van der Waals surface area contributed by atoms with Gasteiger partial charge in [0.1, 0.15) is 6.61 Å². The van der Waals surface area contributed by atoms with E-state index in [-0.39, 0.29) is 38.7 Å². The van der Waals surface area contributed by atoms with Crippen LogP contribution in [0.2, 0.25) is 0 Å². The molecule has 0 aromatic rings. The number of carbonyl (C=O) groups is 2. The SMILES string of the molecule is CCCCC/C=C\C/C=C\CCCCCCCC(=O)OC[C@H](COP(=O)(O)OCCN)OC(=O)CCC/C=C\C/C=C\C/C=C\C/C=C\C=C\[C@H](O)CC. The van der Waals surface area contributed by atoms with Gasteiger partial charge in [0.15, 0.2) is 6.10 Å². The van der Waals surface area contributed by atoms with Crippen LogP contribution in [0.3, 0.4) is 0 Å². The molecular formula is C43H72NO9P. The summed E-state index contributed by atoms with van der Waals surface area (Å²) in [6.07, 6.45) is 44.2. The van der Waals surface area contributed by atoms with Crippen LogP contribution in [0, 0.1) is 0 Å². The van der Waals surface area contributed by atoms with Crippen molar-refractivity contribution in [3.8, 4) is 0 Å². The Kier molecular flexibility index (Phi) is 36.4. The zero-order chi connectivity index (χ0) is 39.8. The molecule has 0 spiro atoms. The van der Waals surface area contributed by atoms with Gasteiger partial charge in [-0.05, 0) is 77.0 Å². The summed E-state index contributed by atoms with van der Waals surface area (Å²) in [6.45, 7) is 3.25. The van der Waals surface area contributed by atoms with Crippen molar-refractivity contribution < 1.29 is 42.7 Å². The van der Waals surface area contributed by atoms with Gasteiger partial charge >= 0.3 is 19.8 Å². The number of nitrogens with two attached hydrogens (primary N) is 1. The molecule has 0 aliphatic carbocycles. The molecule has 11 heteroatoms. The van der Waals surface area contributed by atoms with Gasteiger partial charge in [-0.3, -0.25) is 18.6 Å². The molecule has 1 unspecified atom stereocenters. The second kappa shape index (κ2) is 38.4. The first-order valence-electron chi connectivity index (χ1n) is 20.2. The van der Waals surface area contributed by atoms with Crippen LogP contribution < -0.4 is 5.73 Å². The Morgan fingerprint density at radius 2 is 1.19 bits per heavy atom. The van der Waals surface area contributed by atoms with Gasteiger partial charge in [0.25, 0.3) is 0 Å². The highest BCUT2D eigenvalue weighted by molar-refractivity contribution is 7.47. The number of hydrogen-bond donors (Lipinski definition) is 3. The van der Waals surface area contributed by atoms with Crippen molar-refractivity contribution in [2.75, 3.05) is 26.4 Å². The summed E-state index contributed by atoms with van der Waals surface area (Å²) < 4.78 is 32.6. The lowest BCUT2D eigenvalue weighted by Gasteiger charge is -2.19. The summed E-state index contributed by atoms with van der Waals surface area (Å²) in [5.41, 5.74) is 5.33. The molecule has 4 N–H and O–H groups in total. The van der Waals surface area contributed by atoms with Gasteiger partial charge in [-0.25, -0.2) is 4.57 Å². The largest absolute Gasteiger partial charge is 0.472 e. The van der Waals surface area contributed by atoms with E-state index in [2.05, 4.69) is 55.5 Å². The van der Waals surface area contributed by atoms with Gasteiger partial charge in [-0.15, -0.1) is 0 Å². The molecule has 0 heterocycles. The molecule has 0 aromatic carbocycles. The number of allylic oxidation sites excluding steroid dienone is 13. The molecule has 3 atom stereocenters. The molecule has 0 saturated heterocycles. The Hall–Kier alpha value is -2.85. The van der Waals surface area contributed by atoms with Crippen molar-refractivity contribution in [1.29, 1.82) is 0 Å². The summed E-state index contributed by atoms with van der Waals surface area (Å²) in [6, 6.07) is 0. The smallest absolute Gasteiger partial charge is 0.462 e. The van der Waals surface area contributed by atoms with Crippen molar-refractivity contribution in [3.05, 3.63) is 85.1 Å². The van der Waals surface area contributed by atoms with Crippen LogP contribution in [-0.2, 0) is 32.7 Å². The van der Waals surface area contributed by atoms with E-state index in [9.17, 15) is 24.2 Å². The Labute approximate surface area is 326 Å². The summed E-state index contributed by atoms with van der Waals surface area (Å²) >= 11 is 0. The van der Waals surface area contributed by atoms with Crippen LogP contribution in [0.25, 0.3) is 0 Å². The monoisotopic (exact) mass is 777 g/mol. The van der Waals surface area contributed by atoms with Crippen molar-refractivity contribution in [2.45, 2.75) is 148 Å². The predicted molar refractivity (Wildman–Crippen MR) is 221 cm³/mol. The number of esters is 2. The van der Waals surface area contributed by atoms with Crippen LogP contribution in [-0.4, -0.2) is 60.5 Å². The van der Waals surface area contributed by atoms with E-state index in [1.807, 2.05) is 37.3 Å². The van der Waals surface area contributed by atoms with Crippen LogP contribution in [0.15, 0.2) is 85.1 Å². The first kappa shape index (κ1) is 51.1. The van der Waals surface area contributed by atoms with Crippen LogP contribution in [0.4, 0.5) is 0 Å². The summed E-state index contributed by atoms with van der Waals surface area (Å²) in [4.78, 5) is 34.8. The molecule has 308 valence electrons. The van der Waals surface area contributed by atoms with E-state index in [0.29, 0.717) is 25.7 Å². The van der Waals surface area contributed by atoms with Gasteiger partial charge < -0.3 is 25.2 Å². The lowest BCUT2D eigenvalue weighted by molar-refractivity contribution is -0.161. The van der Waals surface area contributed by atoms with Gasteiger partial charge in [-0.2, -0.15) is 0 Å². The molecule has 0 amide bonds. The zero-order valence-electron chi connectivity index (χ0n) is 33.3. The standard InChI is InChI=1S/C43H72NO9P/c1-3-5-6-7-8-9-10-11-12-16-19-22-25-28-31-34-42(46)50-38-41(39-52-54(48,49)51-37-36-44)53-43(47)35-32-29-26-23-20-17-14-13-15-18-21-24-27-30-33-40(45)4-2/h8-9,11-12,14-15,17-18,23-24,26-27,30,33,40-41,45H,3-7,10,13,16,19-22,25,28-29,31-32,34-39,44H2,1-2H3,(H,48,49)/b9-8-,12-11-,17-14-,18-15-,26-23-,27-24-,33-30+/t40-,41-/m1/s1. The number of carbonyl (C=O) groups excluding carboxylic acids is 2. The van der Waals surface area contributed by atoms with Gasteiger partial charge in [-0.1, -0.05) is 131 Å². The topological polar surface area (TPSA) is 155 Å². The summed E-state index contributed by atoms with van der Waals surface area (Å²) in [7, 11) is -4.41. The van der Waals surface area contributed by atoms with Crippen LogP contribution in [0.5, 0.6) is 0 Å². The fourth-order valence-electron chi connectivity index (χ4n) is 4.77. The molecule has 0 bridgehead atoms. The quantitative estimate of drug-likeness (QED) is 0.0184. The van der Waals surface area contributed by atoms with E-state index < -0.39 is 32.5 Å². The third-order valence-corrected chi connectivity index (χ3v) is 8.91. The number of unbranched alkanes of at least 4 members (excludes halogenated alkanes) is 9. The summed E-state index contributed by atoms with van der Waals surface area (Å²) in [5, 5.41) is 9.46. The molecule has 0 fully saturated rings. The van der Waals surface area contributed by atoms with E-state index >= 15 is 0 Å². The minimum atomic E-state index is -4.41. The number of phosphoric acid groups is 1. The second-order valence-corrected chi connectivity index (χ2v) is 14.4. The molecule has 0 radical (unpaired) electrons. The highest BCUT2D eigenvalue weighted by Gasteiger charge is 2.25. The highest BCUT2D eigenvalue weighted by atomic mass is 31.2. The molecule has 0 aliphatic heterocycles. The Morgan fingerprint density at radius 3 is 1.80 bits per heavy atom. The highest BCUT2D eigenvalue weighted by Crippen LogP contribution is 2.43. The Bertz CT molecular complexity index is 1180. The van der Waals surface area contributed by atoms with Crippen molar-refractivity contribution in [2.24, 2.45) is 5.73 Å². The van der Waals surface area contributed by atoms with E-state index in [1.54, 1.807) is 6.08 Å². The number of aliphatic hydroxyl groups excluding tert-OH is 1. The molecule has 0 saturated carbocycles. The van der Waals surface area contributed by atoms with Gasteiger partial charge in [0.05, 0.1) is 19.3 Å². The number of phosphoric ester groups is 1. The van der Waals surface area contributed by atoms with Crippen LogP contribution in [0.1, 0.15) is 136 Å². The predicted octanol–water partition coefficient (Wildman–Crippen LogP) is 10.2. The first-order chi connectivity index (χ1) is 26.2. The molecule has 10 nitrogen and oxygen atoms in total. The van der Waals surface area contributed by atoms with Crippen molar-refractivity contribution in [3.63, 3.8) is 0 Å². The minimum absolute atomic E-state index is 0.0316. The number of aliphatic hydroxyl groups is 1. The maximum atomic E-state index is 12.5. The lowest BCUT2D eigenvalue weighted by atomic mass is 10.1. The average Bonchev–Trinajstić information content (AvgIpc) is 3.16. The van der Waals surface area contributed by atoms with Gasteiger partial charge in [0, 0.05) is 19.4 Å². The second-order valence-electron chi connectivity index (χ2n) is 13.0. The zero-order valence-corrected chi connectivity index (χ0v) is 34.2. The third kappa shape index (κ3) is 37.5. The Balaban J connectivity index is 4.37. The lowest BCUT2D eigenvalue weighted by Crippen LogP contribution is -2.29. The number of rotatable bonds is 36. The fraction of sp³-hybridized carbons (Fsp3) is 0.628. The van der Waals surface area contributed by atoms with Gasteiger partial charge in [0.2, 0.25) is 0 Å².